The van der Waals surface area contributed by atoms with Crippen molar-refractivity contribution in [2.75, 3.05) is 13.1 Å². The second-order valence-corrected chi connectivity index (χ2v) is 7.94. The van der Waals surface area contributed by atoms with E-state index in [-0.39, 0.29) is 40.9 Å². The smallest absolute Gasteiger partial charge is 0.257 e. The van der Waals surface area contributed by atoms with Crippen LogP contribution < -0.4 is 10.7 Å². The topological polar surface area (TPSA) is 67.2 Å². The first kappa shape index (κ1) is 18.9. The van der Waals surface area contributed by atoms with Gasteiger partial charge in [-0.2, -0.15) is 5.10 Å². The van der Waals surface area contributed by atoms with Gasteiger partial charge in [0.2, 0.25) is 5.43 Å². The lowest BCUT2D eigenvalue weighted by atomic mass is 9.92. The van der Waals surface area contributed by atoms with Gasteiger partial charge < -0.3 is 10.2 Å². The second kappa shape index (κ2) is 7.28. The van der Waals surface area contributed by atoms with E-state index in [1.807, 2.05) is 0 Å². The number of hydrogen-bond donors (Lipinski definition) is 1. The lowest BCUT2D eigenvalue weighted by Crippen LogP contribution is -2.62. The molecular weight excluding hydrogens is 390 g/mol. The summed E-state index contributed by atoms with van der Waals surface area (Å²) in [6.45, 7) is 1.54. The summed E-state index contributed by atoms with van der Waals surface area (Å²) in [7, 11) is 0. The highest BCUT2D eigenvalue weighted by Crippen LogP contribution is 2.25. The summed E-state index contributed by atoms with van der Waals surface area (Å²) >= 11 is 0. The average Bonchev–Trinajstić information content (AvgIpc) is 2.77. The first-order valence-corrected chi connectivity index (χ1v) is 9.98. The molecule has 6 nitrogen and oxygen atoms in total. The van der Waals surface area contributed by atoms with Crippen LogP contribution in [0.5, 0.6) is 0 Å². The molecule has 2 unspecified atom stereocenters. The molecule has 1 amide bonds. The number of nitrogens with zero attached hydrogens (tertiary/aromatic N) is 3. The number of halogens is 2. The van der Waals surface area contributed by atoms with Crippen LogP contribution in [0.4, 0.5) is 8.78 Å². The largest absolute Gasteiger partial charge is 0.333 e. The molecule has 2 bridgehead atoms. The number of carbonyl (C=O) groups excluding carboxylic acids is 1. The van der Waals surface area contributed by atoms with Crippen LogP contribution in [-0.4, -0.2) is 45.8 Å². The van der Waals surface area contributed by atoms with Gasteiger partial charge in [0.15, 0.2) is 0 Å². The summed E-state index contributed by atoms with van der Waals surface area (Å²) in [6, 6.07) is 8.70. The van der Waals surface area contributed by atoms with Crippen molar-refractivity contribution in [1.29, 1.82) is 0 Å². The van der Waals surface area contributed by atoms with Gasteiger partial charge in [-0.1, -0.05) is 6.07 Å². The van der Waals surface area contributed by atoms with Crippen LogP contribution in [0.15, 0.2) is 47.4 Å². The number of piperidine rings is 2. The number of carbonyl (C=O) groups is 1. The van der Waals surface area contributed by atoms with Gasteiger partial charge in [0.1, 0.15) is 11.6 Å². The molecule has 4 heterocycles. The van der Waals surface area contributed by atoms with Gasteiger partial charge in [-0.3, -0.25) is 14.3 Å². The Kier molecular flexibility index (Phi) is 4.58. The minimum Gasteiger partial charge on any atom is -0.333 e. The third-order valence-corrected chi connectivity index (χ3v) is 6.02. The minimum absolute atomic E-state index is 0.0384. The van der Waals surface area contributed by atoms with Crippen molar-refractivity contribution in [3.8, 4) is 0 Å². The molecule has 154 valence electrons. The van der Waals surface area contributed by atoms with Crippen molar-refractivity contribution in [3.63, 3.8) is 0 Å². The van der Waals surface area contributed by atoms with E-state index in [0.717, 1.165) is 25.6 Å². The standard InChI is InChI=1S/C22H20F2N4O2/c23-14-2-6-20-18(8-14)21(29)10-26-28(20)11-13-1-5-19(24)17(7-13)22(30)27-12-15-3-4-16(27)9-25-15/h1-2,5-8,10,15-16,25H,3-4,9,11-12H2. The highest BCUT2D eigenvalue weighted by atomic mass is 19.1. The fourth-order valence-electron chi connectivity index (χ4n) is 4.43. The van der Waals surface area contributed by atoms with Crippen LogP contribution in [0.2, 0.25) is 0 Å². The maximum absolute atomic E-state index is 14.5. The molecular formula is C22H20F2N4O2. The van der Waals surface area contributed by atoms with Crippen LogP contribution in [0.3, 0.4) is 0 Å². The fourth-order valence-corrected chi connectivity index (χ4v) is 4.43. The maximum Gasteiger partial charge on any atom is 0.257 e. The van der Waals surface area contributed by atoms with Crippen molar-refractivity contribution in [1.82, 2.24) is 20.0 Å². The lowest BCUT2D eigenvalue weighted by molar-refractivity contribution is 0.0436. The summed E-state index contributed by atoms with van der Waals surface area (Å²) in [5, 5.41) is 7.74. The molecule has 0 saturated carbocycles. The Morgan fingerprint density at radius 1 is 1.17 bits per heavy atom. The first-order chi connectivity index (χ1) is 14.5. The molecule has 3 saturated heterocycles. The zero-order chi connectivity index (χ0) is 20.8. The second-order valence-electron chi connectivity index (χ2n) is 7.94. The minimum atomic E-state index is -0.557. The molecule has 1 N–H and O–H groups in total. The Balaban J connectivity index is 1.47. The fraction of sp³-hybridized carbons (Fsp3) is 0.318. The number of hydrogen-bond acceptors (Lipinski definition) is 4. The van der Waals surface area contributed by atoms with Crippen molar-refractivity contribution < 1.29 is 13.6 Å². The number of nitrogens with one attached hydrogen (secondary N) is 1. The van der Waals surface area contributed by atoms with Gasteiger partial charge >= 0.3 is 0 Å². The summed E-state index contributed by atoms with van der Waals surface area (Å²) in [4.78, 5) is 26.8. The van der Waals surface area contributed by atoms with Gasteiger partial charge in [-0.15, -0.1) is 0 Å². The van der Waals surface area contributed by atoms with E-state index in [9.17, 15) is 18.4 Å². The van der Waals surface area contributed by atoms with Gasteiger partial charge in [0.25, 0.3) is 5.91 Å². The predicted octanol–water partition coefficient (Wildman–Crippen LogP) is 2.30. The summed E-state index contributed by atoms with van der Waals surface area (Å²) in [5.41, 5.74) is 0.809. The molecule has 0 radical (unpaired) electrons. The Morgan fingerprint density at radius 2 is 2.03 bits per heavy atom. The molecule has 6 rings (SSSR count). The van der Waals surface area contributed by atoms with Crippen molar-refractivity contribution >= 4 is 16.8 Å². The number of aromatic nitrogens is 2. The van der Waals surface area contributed by atoms with Gasteiger partial charge in [0.05, 0.1) is 29.2 Å². The Bertz CT molecular complexity index is 1200. The van der Waals surface area contributed by atoms with Crippen LogP contribution in [0.1, 0.15) is 28.8 Å². The molecule has 2 atom stereocenters. The highest BCUT2D eigenvalue weighted by Gasteiger charge is 2.37. The van der Waals surface area contributed by atoms with Crippen LogP contribution in [0, 0.1) is 11.6 Å². The third-order valence-electron chi connectivity index (χ3n) is 6.02. The van der Waals surface area contributed by atoms with E-state index in [2.05, 4.69) is 10.4 Å². The molecule has 0 spiro atoms. The summed E-state index contributed by atoms with van der Waals surface area (Å²) in [6.07, 6.45) is 3.09. The maximum atomic E-state index is 14.5. The number of rotatable bonds is 3. The van der Waals surface area contributed by atoms with E-state index in [1.165, 1.54) is 24.3 Å². The molecule has 3 fully saturated rings. The number of benzene rings is 2. The number of amides is 1. The predicted molar refractivity (Wildman–Crippen MR) is 107 cm³/mol. The van der Waals surface area contributed by atoms with E-state index in [0.29, 0.717) is 17.6 Å². The Labute approximate surface area is 171 Å². The first-order valence-electron chi connectivity index (χ1n) is 9.98. The number of piperazine rings is 1. The Morgan fingerprint density at radius 3 is 2.77 bits per heavy atom. The van der Waals surface area contributed by atoms with Crippen molar-refractivity contribution in [2.45, 2.75) is 31.5 Å². The normalized spacial score (nSPS) is 20.7. The molecule has 2 aromatic carbocycles. The van der Waals surface area contributed by atoms with E-state index in [4.69, 9.17) is 0 Å². The van der Waals surface area contributed by atoms with Crippen molar-refractivity contribution in [2.24, 2.45) is 0 Å². The van der Waals surface area contributed by atoms with Crippen molar-refractivity contribution in [3.05, 3.63) is 75.6 Å². The van der Waals surface area contributed by atoms with Crippen LogP contribution in [0.25, 0.3) is 10.9 Å². The molecule has 3 aliphatic rings. The third kappa shape index (κ3) is 3.27. The molecule has 3 aromatic rings. The molecule has 8 heteroatoms. The Hall–Kier alpha value is -3.13. The van der Waals surface area contributed by atoms with Gasteiger partial charge in [0, 0.05) is 25.2 Å². The van der Waals surface area contributed by atoms with E-state index in [1.54, 1.807) is 21.7 Å². The van der Waals surface area contributed by atoms with E-state index < -0.39 is 11.6 Å². The zero-order valence-electron chi connectivity index (χ0n) is 16.1. The average molecular weight is 410 g/mol. The quantitative estimate of drug-likeness (QED) is 0.720. The summed E-state index contributed by atoms with van der Waals surface area (Å²) in [5.74, 6) is -1.36. The van der Waals surface area contributed by atoms with E-state index >= 15 is 0 Å². The number of fused-ring (bicyclic) bond motifs is 4. The molecule has 30 heavy (non-hydrogen) atoms. The van der Waals surface area contributed by atoms with Crippen LogP contribution in [-0.2, 0) is 6.54 Å². The zero-order valence-corrected chi connectivity index (χ0v) is 16.1. The molecule has 3 aliphatic heterocycles. The van der Waals surface area contributed by atoms with Gasteiger partial charge in [-0.25, -0.2) is 8.78 Å². The molecule has 1 aromatic heterocycles. The molecule has 0 aliphatic carbocycles. The lowest BCUT2D eigenvalue weighted by Gasteiger charge is -2.46. The van der Waals surface area contributed by atoms with Crippen LogP contribution >= 0.6 is 0 Å². The van der Waals surface area contributed by atoms with Gasteiger partial charge in [-0.05, 0) is 48.7 Å². The SMILES string of the molecule is O=C(c1cc(Cn2ncc(=O)c3cc(F)ccc32)ccc1F)N1CC2CCC1CN2. The summed E-state index contributed by atoms with van der Waals surface area (Å²) < 4.78 is 29.6. The monoisotopic (exact) mass is 410 g/mol. The highest BCUT2D eigenvalue weighted by molar-refractivity contribution is 5.95.